The molecule has 4 nitrogen and oxygen atoms in total. The molecule has 0 heterocycles. The molecule has 7 rings (SSSR count). The molecule has 6 aromatic carbocycles. The number of hydrogen-bond acceptors (Lipinski definition) is 4. The molecule has 1 aliphatic carbocycles. The standard InChI is InChI=1S/C44H40N2O2/c1-27(2)34-13-9-14-35(28(3)4)41(34)45-43-38-17-7-11-31-12-8-18-39(40(31)38)44(43)46-42-36(29-19-23-32(47-5)24-20-29)15-10-16-37(42)30-21-25-33(48-6)26-22-30/h7-28H,1-6H3. The van der Waals surface area contributed by atoms with Gasteiger partial charge in [0, 0.05) is 27.6 Å². The van der Waals surface area contributed by atoms with Gasteiger partial charge in [-0.25, -0.2) is 9.98 Å². The first-order valence-electron chi connectivity index (χ1n) is 16.6. The van der Waals surface area contributed by atoms with Crippen LogP contribution in [0, 0.1) is 0 Å². The monoisotopic (exact) mass is 628 g/mol. The van der Waals surface area contributed by atoms with E-state index in [1.807, 2.05) is 24.3 Å². The molecule has 0 fully saturated rings. The third kappa shape index (κ3) is 5.58. The van der Waals surface area contributed by atoms with Gasteiger partial charge in [-0.3, -0.25) is 0 Å². The summed E-state index contributed by atoms with van der Waals surface area (Å²) in [6, 6.07) is 42.4. The van der Waals surface area contributed by atoms with E-state index in [-0.39, 0.29) is 0 Å². The van der Waals surface area contributed by atoms with Crippen LogP contribution in [0.3, 0.4) is 0 Å². The average molecular weight is 629 g/mol. The number of para-hydroxylation sites is 2. The third-order valence-electron chi connectivity index (χ3n) is 9.27. The zero-order chi connectivity index (χ0) is 33.4. The zero-order valence-corrected chi connectivity index (χ0v) is 28.4. The van der Waals surface area contributed by atoms with Crippen LogP contribution in [0.2, 0.25) is 0 Å². The Hall–Kier alpha value is -5.48. The van der Waals surface area contributed by atoms with Crippen LogP contribution in [-0.4, -0.2) is 25.6 Å². The number of benzene rings is 6. The lowest BCUT2D eigenvalue weighted by Crippen LogP contribution is -2.11. The molecule has 0 saturated heterocycles. The molecule has 48 heavy (non-hydrogen) atoms. The van der Waals surface area contributed by atoms with E-state index in [1.165, 1.54) is 21.9 Å². The quantitative estimate of drug-likeness (QED) is 0.168. The highest BCUT2D eigenvalue weighted by Gasteiger charge is 2.29. The van der Waals surface area contributed by atoms with E-state index in [4.69, 9.17) is 19.5 Å². The SMILES string of the molecule is COc1ccc(-c2cccc(-c3ccc(OC)cc3)c2N=C2C(=Nc3c(C(C)C)cccc3C(C)C)c3cccc4cccc2c34)cc1. The predicted octanol–water partition coefficient (Wildman–Crippen LogP) is 11.7. The van der Waals surface area contributed by atoms with Gasteiger partial charge in [-0.15, -0.1) is 0 Å². The van der Waals surface area contributed by atoms with E-state index in [0.29, 0.717) is 11.8 Å². The number of ether oxygens (including phenoxy) is 2. The number of nitrogens with zero attached hydrogens (tertiary/aromatic N) is 2. The van der Waals surface area contributed by atoms with Crippen LogP contribution in [0.25, 0.3) is 33.0 Å². The maximum Gasteiger partial charge on any atom is 0.118 e. The van der Waals surface area contributed by atoms with Crippen LogP contribution in [0.15, 0.2) is 131 Å². The summed E-state index contributed by atoms with van der Waals surface area (Å²) in [7, 11) is 3.39. The van der Waals surface area contributed by atoms with Gasteiger partial charge in [-0.2, -0.15) is 0 Å². The first kappa shape index (κ1) is 31.1. The van der Waals surface area contributed by atoms with Gasteiger partial charge < -0.3 is 9.47 Å². The Labute approximate surface area is 283 Å². The maximum atomic E-state index is 5.69. The minimum atomic E-state index is 0.320. The summed E-state index contributed by atoms with van der Waals surface area (Å²) >= 11 is 0. The second kappa shape index (κ2) is 13.0. The third-order valence-corrected chi connectivity index (χ3v) is 9.27. The lowest BCUT2D eigenvalue weighted by molar-refractivity contribution is 0.415. The van der Waals surface area contributed by atoms with Gasteiger partial charge in [0.05, 0.1) is 37.0 Å². The summed E-state index contributed by atoms with van der Waals surface area (Å²) in [5.41, 5.74) is 12.6. The van der Waals surface area contributed by atoms with E-state index in [9.17, 15) is 0 Å². The van der Waals surface area contributed by atoms with Crippen LogP contribution in [0.1, 0.15) is 61.8 Å². The number of rotatable bonds is 8. The molecule has 0 spiro atoms. The number of methoxy groups -OCH3 is 2. The molecular weight excluding hydrogens is 588 g/mol. The summed E-state index contributed by atoms with van der Waals surface area (Å²) in [6.07, 6.45) is 0. The largest absolute Gasteiger partial charge is 0.497 e. The molecule has 238 valence electrons. The second-order valence-electron chi connectivity index (χ2n) is 12.9. The summed E-state index contributed by atoms with van der Waals surface area (Å²) in [5, 5.41) is 2.38. The van der Waals surface area contributed by atoms with Crippen molar-refractivity contribution in [3.63, 3.8) is 0 Å². The normalized spacial score (nSPS) is 14.1. The highest BCUT2D eigenvalue weighted by molar-refractivity contribution is 6.61. The van der Waals surface area contributed by atoms with Gasteiger partial charge in [0.15, 0.2) is 0 Å². The van der Waals surface area contributed by atoms with Crippen molar-refractivity contribution in [2.75, 3.05) is 14.2 Å². The van der Waals surface area contributed by atoms with Gasteiger partial charge in [0.2, 0.25) is 0 Å². The van der Waals surface area contributed by atoms with E-state index in [1.54, 1.807) is 14.2 Å². The molecule has 0 aliphatic heterocycles. The van der Waals surface area contributed by atoms with Crippen molar-refractivity contribution >= 4 is 33.6 Å². The lowest BCUT2D eigenvalue weighted by atomic mass is 9.92. The van der Waals surface area contributed by atoms with Crippen molar-refractivity contribution in [3.8, 4) is 33.8 Å². The molecule has 0 aromatic heterocycles. The Morgan fingerprint density at radius 1 is 0.438 bits per heavy atom. The van der Waals surface area contributed by atoms with E-state index < -0.39 is 0 Å². The first-order chi connectivity index (χ1) is 23.4. The average Bonchev–Trinajstić information content (AvgIpc) is 3.41. The molecule has 0 unspecified atom stereocenters. The molecule has 0 atom stereocenters. The van der Waals surface area contributed by atoms with Crippen molar-refractivity contribution in [2.45, 2.75) is 39.5 Å². The predicted molar refractivity (Wildman–Crippen MR) is 201 cm³/mol. The molecule has 0 radical (unpaired) electrons. The van der Waals surface area contributed by atoms with Crippen molar-refractivity contribution < 1.29 is 9.47 Å². The fourth-order valence-corrected chi connectivity index (χ4v) is 6.75. The van der Waals surface area contributed by atoms with Gasteiger partial charge in [-0.1, -0.05) is 125 Å². The Balaban J connectivity index is 1.55. The first-order valence-corrected chi connectivity index (χ1v) is 16.6. The minimum absolute atomic E-state index is 0.320. The second-order valence-corrected chi connectivity index (χ2v) is 12.9. The summed E-state index contributed by atoms with van der Waals surface area (Å²) < 4.78 is 11.0. The van der Waals surface area contributed by atoms with Crippen LogP contribution in [0.5, 0.6) is 11.5 Å². The van der Waals surface area contributed by atoms with Crippen molar-refractivity contribution in [3.05, 3.63) is 144 Å². The smallest absolute Gasteiger partial charge is 0.118 e. The Morgan fingerprint density at radius 2 is 0.833 bits per heavy atom. The van der Waals surface area contributed by atoms with Crippen molar-refractivity contribution in [1.82, 2.24) is 0 Å². The van der Waals surface area contributed by atoms with Crippen LogP contribution in [-0.2, 0) is 0 Å². The van der Waals surface area contributed by atoms with Crippen molar-refractivity contribution in [1.29, 1.82) is 0 Å². The molecule has 0 N–H and O–H groups in total. The molecule has 0 amide bonds. The molecule has 1 aliphatic rings. The topological polar surface area (TPSA) is 43.2 Å². The molecule has 4 heteroatoms. The summed E-state index contributed by atoms with van der Waals surface area (Å²) in [6.45, 7) is 8.98. The molecule has 0 bridgehead atoms. The molecular formula is C44H40N2O2. The maximum absolute atomic E-state index is 5.69. The van der Waals surface area contributed by atoms with E-state index in [2.05, 4.69) is 125 Å². The minimum Gasteiger partial charge on any atom is -0.497 e. The Morgan fingerprint density at radius 3 is 1.27 bits per heavy atom. The van der Waals surface area contributed by atoms with Crippen molar-refractivity contribution in [2.24, 2.45) is 9.98 Å². The fraction of sp³-hybridized carbons (Fsp3) is 0.182. The van der Waals surface area contributed by atoms with E-state index in [0.717, 1.165) is 67.7 Å². The lowest BCUT2D eigenvalue weighted by Gasteiger charge is -2.18. The van der Waals surface area contributed by atoms with Gasteiger partial charge in [0.25, 0.3) is 0 Å². The van der Waals surface area contributed by atoms with Crippen LogP contribution < -0.4 is 9.47 Å². The van der Waals surface area contributed by atoms with E-state index >= 15 is 0 Å². The van der Waals surface area contributed by atoms with Crippen LogP contribution >= 0.6 is 0 Å². The van der Waals surface area contributed by atoms with Gasteiger partial charge in [-0.05, 0) is 63.7 Å². The highest BCUT2D eigenvalue weighted by atomic mass is 16.5. The van der Waals surface area contributed by atoms with Gasteiger partial charge >= 0.3 is 0 Å². The number of aliphatic imine (C=N–C) groups is 2. The summed E-state index contributed by atoms with van der Waals surface area (Å²) in [4.78, 5) is 11.3. The number of hydrogen-bond donors (Lipinski definition) is 0. The fourth-order valence-electron chi connectivity index (χ4n) is 6.75. The molecule has 0 saturated carbocycles. The Kier molecular flexibility index (Phi) is 8.41. The summed E-state index contributed by atoms with van der Waals surface area (Å²) in [5.74, 6) is 2.27. The zero-order valence-electron chi connectivity index (χ0n) is 28.4. The molecule has 6 aromatic rings. The van der Waals surface area contributed by atoms with Crippen LogP contribution in [0.4, 0.5) is 11.4 Å². The van der Waals surface area contributed by atoms with Gasteiger partial charge in [0.1, 0.15) is 11.5 Å². The Bertz CT molecular complexity index is 2090. The highest BCUT2D eigenvalue weighted by Crippen LogP contribution is 2.43.